The van der Waals surface area contributed by atoms with Crippen molar-refractivity contribution in [3.63, 3.8) is 0 Å². The summed E-state index contributed by atoms with van der Waals surface area (Å²) >= 11 is 0. The van der Waals surface area contributed by atoms with Gasteiger partial charge in [-0.3, -0.25) is 0 Å². The number of rotatable bonds is 1. The zero-order valence-electron chi connectivity index (χ0n) is 6.57. The van der Waals surface area contributed by atoms with E-state index >= 15 is 0 Å². The second kappa shape index (κ2) is 4.01. The van der Waals surface area contributed by atoms with E-state index in [2.05, 4.69) is 5.90 Å². The van der Waals surface area contributed by atoms with Gasteiger partial charge in [0.2, 0.25) is 0 Å². The van der Waals surface area contributed by atoms with Crippen molar-refractivity contribution < 1.29 is 20.9 Å². The van der Waals surface area contributed by atoms with E-state index < -0.39 is 18.3 Å². The molecule has 2 atom stereocenters. The van der Waals surface area contributed by atoms with Gasteiger partial charge in [-0.05, 0) is 12.8 Å². The van der Waals surface area contributed by atoms with Crippen LogP contribution in [0.1, 0.15) is 25.7 Å². The summed E-state index contributed by atoms with van der Waals surface area (Å²) in [4.78, 5) is 4.75. The first-order chi connectivity index (χ1) is 5.25. The fourth-order valence-corrected chi connectivity index (χ4v) is 1.51. The van der Waals surface area contributed by atoms with Crippen LogP contribution in [0.3, 0.4) is 0 Å². The lowest BCUT2D eigenvalue weighted by Crippen LogP contribution is -2.58. The average Bonchev–Trinajstić information content (AvgIpc) is 2.12. The third kappa shape index (κ3) is 2.13. The van der Waals surface area contributed by atoms with Gasteiger partial charge >= 0.3 is 0 Å². The molecule has 11 heavy (non-hydrogen) atoms. The molecule has 0 aromatic carbocycles. The number of aliphatic hydroxyl groups is 2. The van der Waals surface area contributed by atoms with Crippen LogP contribution in [0.15, 0.2) is 0 Å². The standard InChI is InChI=1S/C7H16NO3/c8-11-7-5(9)3-1-2-4-6(7)10/h5-7,9-10H,1-4H2,8H3/q+1. The van der Waals surface area contributed by atoms with Crippen LogP contribution in [0.5, 0.6) is 0 Å². The van der Waals surface area contributed by atoms with E-state index in [-0.39, 0.29) is 0 Å². The van der Waals surface area contributed by atoms with Crippen LogP contribution in [0.25, 0.3) is 0 Å². The molecule has 1 aliphatic rings. The SMILES string of the molecule is [NH3+]OC1C(O)CCCCC1O. The maximum atomic E-state index is 9.39. The Balaban J connectivity index is 2.51. The Labute approximate surface area is 65.9 Å². The minimum atomic E-state index is -0.551. The zero-order chi connectivity index (χ0) is 8.27. The largest absolute Gasteiger partial charge is 0.390 e. The lowest BCUT2D eigenvalue weighted by Gasteiger charge is -2.19. The summed E-state index contributed by atoms with van der Waals surface area (Å²) in [6, 6.07) is 0. The van der Waals surface area contributed by atoms with Gasteiger partial charge in [0, 0.05) is 0 Å². The van der Waals surface area contributed by atoms with Crippen LogP contribution in [0, 0.1) is 0 Å². The maximum absolute atomic E-state index is 9.39. The van der Waals surface area contributed by atoms with Crippen LogP contribution < -0.4 is 5.90 Å². The van der Waals surface area contributed by atoms with E-state index in [1.165, 1.54) is 0 Å². The lowest BCUT2D eigenvalue weighted by molar-refractivity contribution is -0.708. The fraction of sp³-hybridized carbons (Fsp3) is 1.00. The van der Waals surface area contributed by atoms with Crippen molar-refractivity contribution in [2.75, 3.05) is 0 Å². The molecule has 0 amide bonds. The molecule has 1 aliphatic carbocycles. The summed E-state index contributed by atoms with van der Waals surface area (Å²) in [7, 11) is 0. The predicted octanol–water partition coefficient (Wildman–Crippen LogP) is -1.18. The van der Waals surface area contributed by atoms with E-state index in [0.717, 1.165) is 12.8 Å². The topological polar surface area (TPSA) is 77.3 Å². The van der Waals surface area contributed by atoms with E-state index in [4.69, 9.17) is 4.84 Å². The van der Waals surface area contributed by atoms with Gasteiger partial charge in [-0.25, -0.2) is 5.90 Å². The Morgan fingerprint density at radius 2 is 1.55 bits per heavy atom. The van der Waals surface area contributed by atoms with Crippen LogP contribution >= 0.6 is 0 Å². The molecule has 1 fully saturated rings. The van der Waals surface area contributed by atoms with E-state index in [1.54, 1.807) is 0 Å². The second-order valence-corrected chi connectivity index (χ2v) is 3.05. The third-order valence-corrected chi connectivity index (χ3v) is 2.20. The molecule has 0 aromatic heterocycles. The van der Waals surface area contributed by atoms with E-state index in [1.807, 2.05) is 0 Å². The summed E-state index contributed by atoms with van der Waals surface area (Å²) in [5.74, 6) is 3.23. The normalized spacial score (nSPS) is 40.1. The summed E-state index contributed by atoms with van der Waals surface area (Å²) in [6.45, 7) is 0. The number of aliphatic hydroxyl groups excluding tert-OH is 2. The lowest BCUT2D eigenvalue weighted by atomic mass is 10.1. The highest BCUT2D eigenvalue weighted by Gasteiger charge is 2.31. The van der Waals surface area contributed by atoms with Crippen molar-refractivity contribution in [3.05, 3.63) is 0 Å². The monoisotopic (exact) mass is 162 g/mol. The van der Waals surface area contributed by atoms with Crippen molar-refractivity contribution >= 4 is 0 Å². The van der Waals surface area contributed by atoms with E-state index in [9.17, 15) is 10.2 Å². The fourth-order valence-electron chi connectivity index (χ4n) is 1.51. The van der Waals surface area contributed by atoms with Gasteiger partial charge in [0.1, 0.15) is 0 Å². The minimum Gasteiger partial charge on any atom is -0.390 e. The Kier molecular flexibility index (Phi) is 3.26. The van der Waals surface area contributed by atoms with Crippen LogP contribution in [0.4, 0.5) is 0 Å². The molecule has 1 saturated carbocycles. The van der Waals surface area contributed by atoms with Crippen LogP contribution in [-0.4, -0.2) is 28.5 Å². The molecule has 2 unspecified atom stereocenters. The molecule has 0 radical (unpaired) electrons. The summed E-state index contributed by atoms with van der Waals surface area (Å²) in [6.07, 6.45) is 1.73. The number of hydrogen-bond donors (Lipinski definition) is 3. The molecule has 0 spiro atoms. The Hall–Kier alpha value is -0.160. The van der Waals surface area contributed by atoms with Crippen molar-refractivity contribution in [2.45, 2.75) is 44.0 Å². The molecule has 5 N–H and O–H groups in total. The molecule has 0 aromatic rings. The molecule has 4 nitrogen and oxygen atoms in total. The van der Waals surface area contributed by atoms with Crippen molar-refractivity contribution in [1.82, 2.24) is 0 Å². The molecular weight excluding hydrogens is 146 g/mol. The molecule has 1 rings (SSSR count). The zero-order valence-corrected chi connectivity index (χ0v) is 6.57. The molecule has 66 valence electrons. The Morgan fingerprint density at radius 3 is 1.91 bits per heavy atom. The summed E-state index contributed by atoms with van der Waals surface area (Å²) in [5.41, 5.74) is 0. The maximum Gasteiger partial charge on any atom is 0.168 e. The molecule has 0 bridgehead atoms. The highest BCUT2D eigenvalue weighted by molar-refractivity contribution is 4.79. The molecule has 0 heterocycles. The predicted molar refractivity (Wildman–Crippen MR) is 38.2 cm³/mol. The summed E-state index contributed by atoms with van der Waals surface area (Å²) < 4.78 is 0. The number of quaternary nitrogens is 1. The van der Waals surface area contributed by atoms with Crippen LogP contribution in [0.2, 0.25) is 0 Å². The van der Waals surface area contributed by atoms with Crippen molar-refractivity contribution in [3.8, 4) is 0 Å². The first-order valence-electron chi connectivity index (χ1n) is 4.02. The van der Waals surface area contributed by atoms with Gasteiger partial charge in [0.15, 0.2) is 6.10 Å². The van der Waals surface area contributed by atoms with Crippen LogP contribution in [-0.2, 0) is 4.84 Å². The Bertz CT molecular complexity index is 108. The first kappa shape index (κ1) is 8.93. The van der Waals surface area contributed by atoms with Gasteiger partial charge in [0.25, 0.3) is 0 Å². The summed E-state index contributed by atoms with van der Waals surface area (Å²) in [5, 5.41) is 18.8. The highest BCUT2D eigenvalue weighted by Crippen LogP contribution is 2.19. The smallest absolute Gasteiger partial charge is 0.168 e. The third-order valence-electron chi connectivity index (χ3n) is 2.20. The average molecular weight is 162 g/mol. The number of hydrogen-bond acceptors (Lipinski definition) is 3. The first-order valence-corrected chi connectivity index (χ1v) is 4.02. The quantitative estimate of drug-likeness (QED) is 0.335. The van der Waals surface area contributed by atoms with Gasteiger partial charge in [-0.1, -0.05) is 12.8 Å². The molecule has 0 aliphatic heterocycles. The molecular formula is C7H16NO3+. The van der Waals surface area contributed by atoms with Gasteiger partial charge in [-0.2, -0.15) is 4.84 Å². The van der Waals surface area contributed by atoms with Gasteiger partial charge in [-0.15, -0.1) is 0 Å². The molecule has 0 saturated heterocycles. The minimum absolute atomic E-state index is 0.488. The van der Waals surface area contributed by atoms with E-state index in [0.29, 0.717) is 12.8 Å². The van der Waals surface area contributed by atoms with Crippen molar-refractivity contribution in [1.29, 1.82) is 0 Å². The molecule has 4 heteroatoms. The highest BCUT2D eigenvalue weighted by atomic mass is 16.6. The Morgan fingerprint density at radius 1 is 1.09 bits per heavy atom. The second-order valence-electron chi connectivity index (χ2n) is 3.05. The van der Waals surface area contributed by atoms with Gasteiger partial charge in [0.05, 0.1) is 12.2 Å². The van der Waals surface area contributed by atoms with Gasteiger partial charge < -0.3 is 10.2 Å². The van der Waals surface area contributed by atoms with Crippen molar-refractivity contribution in [2.24, 2.45) is 0 Å².